The minimum absolute atomic E-state index is 0.135. The number of nitrogens with zero attached hydrogens (tertiary/aromatic N) is 2. The highest BCUT2D eigenvalue weighted by molar-refractivity contribution is 7.92. The molecule has 0 atom stereocenters. The van der Waals surface area contributed by atoms with Gasteiger partial charge in [0.2, 0.25) is 0 Å². The average molecular weight is 368 g/mol. The number of aryl methyl sites for hydroxylation is 1. The van der Waals surface area contributed by atoms with Gasteiger partial charge in [0.05, 0.1) is 5.69 Å². The molecule has 6 heteroatoms. The van der Waals surface area contributed by atoms with E-state index in [4.69, 9.17) is 0 Å². The van der Waals surface area contributed by atoms with E-state index >= 15 is 0 Å². The van der Waals surface area contributed by atoms with E-state index in [0.717, 1.165) is 29.7 Å². The first-order valence-electron chi connectivity index (χ1n) is 8.37. The molecule has 2 aromatic carbocycles. The summed E-state index contributed by atoms with van der Waals surface area (Å²) in [5.41, 5.74) is 3.11. The van der Waals surface area contributed by atoms with Crippen LogP contribution in [-0.2, 0) is 16.4 Å². The van der Waals surface area contributed by atoms with E-state index < -0.39 is 10.0 Å². The van der Waals surface area contributed by atoms with E-state index in [1.54, 1.807) is 24.4 Å². The van der Waals surface area contributed by atoms with E-state index in [9.17, 15) is 12.8 Å². The minimum Gasteiger partial charge on any atom is -0.266 e. The van der Waals surface area contributed by atoms with Crippen LogP contribution in [0.15, 0.2) is 71.9 Å². The van der Waals surface area contributed by atoms with Crippen molar-refractivity contribution in [3.63, 3.8) is 0 Å². The molecule has 1 aromatic heterocycles. The summed E-state index contributed by atoms with van der Waals surface area (Å²) >= 11 is 0. The quantitative estimate of drug-likeness (QED) is 0.701. The lowest BCUT2D eigenvalue weighted by molar-refractivity contribution is 0.586. The van der Waals surface area contributed by atoms with Crippen molar-refractivity contribution in [1.82, 2.24) is 4.98 Å². The molecule has 132 valence electrons. The zero-order chi connectivity index (χ0) is 18.1. The Morgan fingerprint density at radius 3 is 2.54 bits per heavy atom. The maximum absolute atomic E-state index is 13.2. The third-order valence-electron chi connectivity index (χ3n) is 4.55. The van der Waals surface area contributed by atoms with Gasteiger partial charge in [-0.25, -0.2) is 12.8 Å². The molecule has 0 bridgehead atoms. The normalized spacial score (nSPS) is 14.1. The fourth-order valence-electron chi connectivity index (χ4n) is 3.24. The van der Waals surface area contributed by atoms with Gasteiger partial charge in [-0.2, -0.15) is 0 Å². The summed E-state index contributed by atoms with van der Waals surface area (Å²) in [5.74, 6) is -0.338. The van der Waals surface area contributed by atoms with Crippen LogP contribution in [0.4, 0.5) is 10.1 Å². The van der Waals surface area contributed by atoms with Crippen molar-refractivity contribution in [2.75, 3.05) is 10.8 Å². The largest absolute Gasteiger partial charge is 0.266 e. The van der Waals surface area contributed by atoms with E-state index in [-0.39, 0.29) is 10.7 Å². The molecule has 1 aliphatic rings. The van der Waals surface area contributed by atoms with Crippen molar-refractivity contribution in [2.45, 2.75) is 17.7 Å². The number of anilines is 1. The predicted molar refractivity (Wildman–Crippen MR) is 98.9 cm³/mol. The molecule has 4 nitrogen and oxygen atoms in total. The number of benzene rings is 2. The molecule has 4 rings (SSSR count). The summed E-state index contributed by atoms with van der Waals surface area (Å²) in [7, 11) is -3.72. The molecule has 0 radical (unpaired) electrons. The Labute approximate surface area is 152 Å². The van der Waals surface area contributed by atoms with Crippen molar-refractivity contribution < 1.29 is 12.8 Å². The number of hydrogen-bond donors (Lipinski definition) is 0. The van der Waals surface area contributed by atoms with Crippen molar-refractivity contribution in [2.24, 2.45) is 0 Å². The Hall–Kier alpha value is -2.73. The number of para-hydroxylation sites is 1. The smallest absolute Gasteiger partial charge is 0.265 e. The number of pyridine rings is 1. The van der Waals surface area contributed by atoms with E-state index in [0.29, 0.717) is 12.1 Å². The molecule has 0 unspecified atom stereocenters. The molecule has 0 saturated heterocycles. The van der Waals surface area contributed by atoms with Crippen LogP contribution in [0.2, 0.25) is 0 Å². The van der Waals surface area contributed by atoms with Crippen molar-refractivity contribution in [3.8, 4) is 11.1 Å². The van der Waals surface area contributed by atoms with Gasteiger partial charge < -0.3 is 0 Å². The van der Waals surface area contributed by atoms with Crippen molar-refractivity contribution in [1.29, 1.82) is 0 Å². The molecule has 0 spiro atoms. The lowest BCUT2D eigenvalue weighted by atomic mass is 10.0. The van der Waals surface area contributed by atoms with Gasteiger partial charge in [0.25, 0.3) is 10.0 Å². The van der Waals surface area contributed by atoms with E-state index in [1.165, 1.54) is 22.6 Å². The van der Waals surface area contributed by atoms with Gasteiger partial charge in [-0.05, 0) is 48.2 Å². The first-order valence-corrected chi connectivity index (χ1v) is 9.81. The third kappa shape index (κ3) is 2.97. The first-order chi connectivity index (χ1) is 12.6. The summed E-state index contributed by atoms with van der Waals surface area (Å²) in [6.07, 6.45) is 4.59. The monoisotopic (exact) mass is 368 g/mol. The van der Waals surface area contributed by atoms with Gasteiger partial charge in [0, 0.05) is 24.5 Å². The zero-order valence-electron chi connectivity index (χ0n) is 14.0. The van der Waals surface area contributed by atoms with Crippen LogP contribution >= 0.6 is 0 Å². The van der Waals surface area contributed by atoms with Gasteiger partial charge >= 0.3 is 0 Å². The Balaban J connectivity index is 1.76. The maximum atomic E-state index is 13.2. The second kappa shape index (κ2) is 6.53. The Morgan fingerprint density at radius 1 is 0.962 bits per heavy atom. The Kier molecular flexibility index (Phi) is 4.20. The van der Waals surface area contributed by atoms with E-state index in [2.05, 4.69) is 4.98 Å². The lowest BCUT2D eigenvalue weighted by Crippen LogP contribution is -2.35. The minimum atomic E-state index is -3.72. The number of rotatable bonds is 3. The van der Waals surface area contributed by atoms with Crippen molar-refractivity contribution in [3.05, 3.63) is 78.4 Å². The van der Waals surface area contributed by atoms with Gasteiger partial charge in [-0.1, -0.05) is 30.3 Å². The summed E-state index contributed by atoms with van der Waals surface area (Å²) in [4.78, 5) is 4.24. The van der Waals surface area contributed by atoms with Crippen molar-refractivity contribution >= 4 is 15.7 Å². The second-order valence-corrected chi connectivity index (χ2v) is 8.09. The molecule has 1 aliphatic heterocycles. The summed E-state index contributed by atoms with van der Waals surface area (Å²) in [6.45, 7) is 0.445. The molecule has 0 amide bonds. The van der Waals surface area contributed by atoms with Gasteiger partial charge in [0.15, 0.2) is 0 Å². The van der Waals surface area contributed by atoms with Crippen LogP contribution in [0.1, 0.15) is 12.0 Å². The number of hydrogen-bond acceptors (Lipinski definition) is 3. The Morgan fingerprint density at radius 2 is 1.73 bits per heavy atom. The maximum Gasteiger partial charge on any atom is 0.265 e. The first kappa shape index (κ1) is 16.7. The molecule has 2 heterocycles. The number of sulfonamides is 1. The topological polar surface area (TPSA) is 50.3 Å². The highest BCUT2D eigenvalue weighted by atomic mass is 32.2. The SMILES string of the molecule is O=S(=O)(c1cncc(-c2ccc(F)cc2)c1)N1CCCc2ccccc21. The lowest BCUT2D eigenvalue weighted by Gasteiger charge is -2.30. The van der Waals surface area contributed by atoms with Crippen LogP contribution in [0.5, 0.6) is 0 Å². The third-order valence-corrected chi connectivity index (χ3v) is 6.32. The summed E-state index contributed by atoms with van der Waals surface area (Å²) in [6, 6.07) is 15.1. The number of aromatic nitrogens is 1. The van der Waals surface area contributed by atoms with Gasteiger partial charge in [0.1, 0.15) is 10.7 Å². The van der Waals surface area contributed by atoms with Crippen LogP contribution in [0.25, 0.3) is 11.1 Å². The van der Waals surface area contributed by atoms with Crippen LogP contribution < -0.4 is 4.31 Å². The second-order valence-electron chi connectivity index (χ2n) is 6.23. The highest BCUT2D eigenvalue weighted by Gasteiger charge is 2.29. The summed E-state index contributed by atoms with van der Waals surface area (Å²) < 4.78 is 41.0. The molecule has 0 aliphatic carbocycles. The fourth-order valence-corrected chi connectivity index (χ4v) is 4.77. The molecule has 0 saturated carbocycles. The molecule has 0 fully saturated rings. The Bertz CT molecular complexity index is 1050. The molecule has 3 aromatic rings. The molecule has 26 heavy (non-hydrogen) atoms. The van der Waals surface area contributed by atoms with Gasteiger partial charge in [-0.15, -0.1) is 0 Å². The number of fused-ring (bicyclic) bond motifs is 1. The highest BCUT2D eigenvalue weighted by Crippen LogP contribution is 2.32. The van der Waals surface area contributed by atoms with Gasteiger partial charge in [-0.3, -0.25) is 9.29 Å². The zero-order valence-corrected chi connectivity index (χ0v) is 14.8. The van der Waals surface area contributed by atoms with Crippen LogP contribution in [-0.4, -0.2) is 19.9 Å². The fraction of sp³-hybridized carbons (Fsp3) is 0.150. The molecular weight excluding hydrogens is 351 g/mol. The predicted octanol–water partition coefficient (Wildman–Crippen LogP) is 4.03. The van der Waals surface area contributed by atoms with E-state index in [1.807, 2.05) is 24.3 Å². The van der Waals surface area contributed by atoms with Crippen LogP contribution in [0.3, 0.4) is 0 Å². The number of halogens is 1. The standard InChI is InChI=1S/C20H17FN2O2S/c21-18-9-7-15(8-10-18)17-12-19(14-22-13-17)26(24,25)23-11-3-5-16-4-1-2-6-20(16)23/h1-2,4,6-10,12-14H,3,5,11H2. The molecular formula is C20H17FN2O2S. The average Bonchev–Trinajstić information content (AvgIpc) is 2.68. The molecule has 0 N–H and O–H groups in total. The van der Waals surface area contributed by atoms with Crippen LogP contribution in [0, 0.1) is 5.82 Å². The summed E-state index contributed by atoms with van der Waals surface area (Å²) in [5, 5.41) is 0.